The van der Waals surface area contributed by atoms with Crippen LogP contribution in [0.25, 0.3) is 0 Å². The molecule has 0 spiro atoms. The van der Waals surface area contributed by atoms with Gasteiger partial charge in [-0.05, 0) is 12.8 Å². The van der Waals surface area contributed by atoms with Gasteiger partial charge in [-0.25, -0.2) is 4.79 Å². The molecule has 0 aromatic carbocycles. The lowest BCUT2D eigenvalue weighted by Crippen LogP contribution is -2.36. The summed E-state index contributed by atoms with van der Waals surface area (Å²) in [5.74, 6) is 1.11. The molecule has 0 saturated carbocycles. The lowest BCUT2D eigenvalue weighted by atomic mass is 10.0. The van der Waals surface area contributed by atoms with E-state index in [0.29, 0.717) is 17.7 Å². The van der Waals surface area contributed by atoms with Crippen molar-refractivity contribution in [2.75, 3.05) is 12.8 Å². The monoisotopic (exact) mass is 257 g/mol. The normalized spacial score (nSPS) is 30.6. The van der Waals surface area contributed by atoms with Gasteiger partial charge in [-0.15, -0.1) is 0 Å². The summed E-state index contributed by atoms with van der Waals surface area (Å²) in [6.07, 6.45) is 3.65. The Morgan fingerprint density at radius 1 is 1.47 bits per heavy atom. The van der Waals surface area contributed by atoms with Crippen LogP contribution in [-0.2, 0) is 4.79 Å². The van der Waals surface area contributed by atoms with E-state index in [4.69, 9.17) is 0 Å². The molecule has 17 heavy (non-hydrogen) atoms. The largest absolute Gasteiger partial charge is 0.359 e. The fourth-order valence-electron chi connectivity index (χ4n) is 2.40. The Kier molecular flexibility index (Phi) is 4.15. The van der Waals surface area contributed by atoms with E-state index in [9.17, 15) is 9.59 Å². The highest BCUT2D eigenvalue weighted by Crippen LogP contribution is 2.33. The molecule has 2 aliphatic heterocycles. The van der Waals surface area contributed by atoms with Crippen molar-refractivity contribution in [1.82, 2.24) is 16.0 Å². The Balaban J connectivity index is 1.66. The summed E-state index contributed by atoms with van der Waals surface area (Å²) in [4.78, 5) is 22.2. The molecular formula is C11H19N3O2S. The molecule has 5 nitrogen and oxygen atoms in total. The van der Waals surface area contributed by atoms with Gasteiger partial charge in [0.05, 0.1) is 12.1 Å². The third-order valence-electron chi connectivity index (χ3n) is 3.36. The minimum atomic E-state index is -0.0318. The second-order valence-electron chi connectivity index (χ2n) is 4.54. The number of carbonyl (C=O) groups excluding carboxylic acids is 2. The number of nitrogens with one attached hydrogen (secondary N) is 3. The maximum Gasteiger partial charge on any atom is 0.315 e. The molecule has 0 bridgehead atoms. The van der Waals surface area contributed by atoms with E-state index in [-0.39, 0.29) is 18.0 Å². The van der Waals surface area contributed by atoms with Crippen LogP contribution < -0.4 is 16.0 Å². The Hall–Kier alpha value is -0.910. The number of rotatable bonds is 5. The number of amides is 3. The standard InChI is InChI=1S/C11H19N3O2S/c1-12-9(15)5-3-2-4-8-10-7(6-17-8)13-11(16)14-10/h7-8,10H,2-6H2,1H3,(H,12,15)(H2,13,14,16)/t7?,8-,10-/m0/s1. The maximum absolute atomic E-state index is 11.2. The molecular weight excluding hydrogens is 238 g/mol. The lowest BCUT2D eigenvalue weighted by molar-refractivity contribution is -0.120. The molecule has 0 aromatic heterocycles. The van der Waals surface area contributed by atoms with Gasteiger partial charge in [0.2, 0.25) is 5.91 Å². The van der Waals surface area contributed by atoms with Gasteiger partial charge in [-0.2, -0.15) is 11.8 Å². The predicted molar refractivity (Wildman–Crippen MR) is 68.0 cm³/mol. The molecule has 6 heteroatoms. The van der Waals surface area contributed by atoms with Crippen LogP contribution in [-0.4, -0.2) is 42.1 Å². The quantitative estimate of drug-likeness (QED) is 0.495. The first kappa shape index (κ1) is 12.5. The highest BCUT2D eigenvalue weighted by atomic mass is 32.2. The highest BCUT2D eigenvalue weighted by molar-refractivity contribution is 8.00. The van der Waals surface area contributed by atoms with E-state index in [1.807, 2.05) is 11.8 Å². The fourth-order valence-corrected chi connectivity index (χ4v) is 3.94. The summed E-state index contributed by atoms with van der Waals surface area (Å²) < 4.78 is 0. The molecule has 2 rings (SSSR count). The first-order chi connectivity index (χ1) is 8.20. The molecule has 0 radical (unpaired) electrons. The topological polar surface area (TPSA) is 70.2 Å². The number of fused-ring (bicyclic) bond motifs is 1. The Morgan fingerprint density at radius 2 is 2.29 bits per heavy atom. The molecule has 2 fully saturated rings. The molecule has 2 aliphatic rings. The molecule has 3 atom stereocenters. The van der Waals surface area contributed by atoms with Crippen LogP contribution in [0.15, 0.2) is 0 Å². The van der Waals surface area contributed by atoms with Crippen LogP contribution in [0, 0.1) is 0 Å². The zero-order valence-corrected chi connectivity index (χ0v) is 10.8. The zero-order valence-electron chi connectivity index (χ0n) is 9.99. The number of unbranched alkanes of at least 4 members (excludes halogenated alkanes) is 1. The molecule has 3 N–H and O–H groups in total. The van der Waals surface area contributed by atoms with Gasteiger partial charge in [-0.1, -0.05) is 6.42 Å². The minimum Gasteiger partial charge on any atom is -0.359 e. The first-order valence-electron chi connectivity index (χ1n) is 6.10. The second kappa shape index (κ2) is 5.62. The van der Waals surface area contributed by atoms with Gasteiger partial charge >= 0.3 is 6.03 Å². The second-order valence-corrected chi connectivity index (χ2v) is 5.81. The number of hydrogen-bond donors (Lipinski definition) is 3. The number of hydrogen-bond acceptors (Lipinski definition) is 3. The van der Waals surface area contributed by atoms with E-state index in [1.54, 1.807) is 7.05 Å². The summed E-state index contributed by atoms with van der Waals surface area (Å²) in [5.41, 5.74) is 0. The van der Waals surface area contributed by atoms with Crippen molar-refractivity contribution >= 4 is 23.7 Å². The summed E-state index contributed by atoms with van der Waals surface area (Å²) in [7, 11) is 1.67. The highest BCUT2D eigenvalue weighted by Gasteiger charge is 2.42. The molecule has 2 heterocycles. The lowest BCUT2D eigenvalue weighted by Gasteiger charge is -2.16. The molecule has 1 unspecified atom stereocenters. The van der Waals surface area contributed by atoms with Crippen LogP contribution in [0.1, 0.15) is 25.7 Å². The zero-order chi connectivity index (χ0) is 12.3. The van der Waals surface area contributed by atoms with Crippen molar-refractivity contribution in [3.63, 3.8) is 0 Å². The van der Waals surface area contributed by atoms with Gasteiger partial charge in [0.15, 0.2) is 0 Å². The van der Waals surface area contributed by atoms with E-state index >= 15 is 0 Å². The van der Waals surface area contributed by atoms with Crippen molar-refractivity contribution in [1.29, 1.82) is 0 Å². The molecule has 3 amide bonds. The third kappa shape index (κ3) is 3.06. The van der Waals surface area contributed by atoms with E-state index < -0.39 is 0 Å². The molecule has 2 saturated heterocycles. The Bertz CT molecular complexity index is 311. The summed E-state index contributed by atoms with van der Waals surface area (Å²) in [6, 6.07) is 0.555. The number of carbonyl (C=O) groups is 2. The van der Waals surface area contributed by atoms with Crippen molar-refractivity contribution in [3.8, 4) is 0 Å². The van der Waals surface area contributed by atoms with Gasteiger partial charge < -0.3 is 16.0 Å². The molecule has 96 valence electrons. The van der Waals surface area contributed by atoms with Crippen LogP contribution in [0.2, 0.25) is 0 Å². The maximum atomic E-state index is 11.2. The smallest absolute Gasteiger partial charge is 0.315 e. The Labute approximate surface area is 105 Å². The minimum absolute atomic E-state index is 0.0318. The van der Waals surface area contributed by atoms with Crippen molar-refractivity contribution in [2.24, 2.45) is 0 Å². The van der Waals surface area contributed by atoms with Crippen LogP contribution in [0.5, 0.6) is 0 Å². The average molecular weight is 257 g/mol. The third-order valence-corrected chi connectivity index (χ3v) is 4.87. The first-order valence-corrected chi connectivity index (χ1v) is 7.15. The van der Waals surface area contributed by atoms with Crippen molar-refractivity contribution < 1.29 is 9.59 Å². The van der Waals surface area contributed by atoms with Crippen molar-refractivity contribution in [3.05, 3.63) is 0 Å². The number of urea groups is 1. The van der Waals surface area contributed by atoms with E-state index in [1.165, 1.54) is 0 Å². The molecule has 0 aromatic rings. The van der Waals surface area contributed by atoms with Gasteiger partial charge in [0.25, 0.3) is 0 Å². The van der Waals surface area contributed by atoms with Gasteiger partial charge in [0, 0.05) is 24.5 Å². The fraction of sp³-hybridized carbons (Fsp3) is 0.818. The van der Waals surface area contributed by atoms with Crippen molar-refractivity contribution in [2.45, 2.75) is 43.0 Å². The number of thioether (sulfide) groups is 1. The SMILES string of the molecule is CNC(=O)CCCC[C@@H]1SCC2NC(=O)N[C@@H]21. The van der Waals surface area contributed by atoms with Crippen LogP contribution in [0.4, 0.5) is 4.79 Å². The Morgan fingerprint density at radius 3 is 3.06 bits per heavy atom. The van der Waals surface area contributed by atoms with Gasteiger partial charge in [-0.3, -0.25) is 4.79 Å². The predicted octanol–water partition coefficient (Wildman–Crippen LogP) is 0.458. The average Bonchev–Trinajstić information content (AvgIpc) is 2.84. The summed E-state index contributed by atoms with van der Waals surface area (Å²) in [5, 5.41) is 9.03. The van der Waals surface area contributed by atoms with Crippen LogP contribution >= 0.6 is 11.8 Å². The summed E-state index contributed by atoms with van der Waals surface area (Å²) in [6.45, 7) is 0. The van der Waals surface area contributed by atoms with Gasteiger partial charge in [0.1, 0.15) is 0 Å². The molecule has 0 aliphatic carbocycles. The van der Waals surface area contributed by atoms with E-state index in [2.05, 4.69) is 16.0 Å². The van der Waals surface area contributed by atoms with E-state index in [0.717, 1.165) is 25.0 Å². The van der Waals surface area contributed by atoms with Crippen LogP contribution in [0.3, 0.4) is 0 Å². The summed E-state index contributed by atoms with van der Waals surface area (Å²) >= 11 is 1.92.